The van der Waals surface area contributed by atoms with Gasteiger partial charge >= 0.3 is 0 Å². The van der Waals surface area contributed by atoms with Crippen molar-refractivity contribution in [2.24, 2.45) is 0 Å². The minimum Gasteiger partial charge on any atom is -0.504 e. The second-order valence-corrected chi connectivity index (χ2v) is 3.44. The minimum absolute atomic E-state index is 0.0669. The molecule has 2 nitrogen and oxygen atoms in total. The molecule has 0 saturated carbocycles. The van der Waals surface area contributed by atoms with Gasteiger partial charge in [0, 0.05) is 5.56 Å². The molecule has 0 aromatic heterocycles. The van der Waals surface area contributed by atoms with E-state index < -0.39 is 5.82 Å². The molecular formula is C13H11FO2. The Hall–Kier alpha value is -2.03. The van der Waals surface area contributed by atoms with E-state index >= 15 is 0 Å². The van der Waals surface area contributed by atoms with Crippen molar-refractivity contribution in [3.63, 3.8) is 0 Å². The van der Waals surface area contributed by atoms with E-state index in [1.807, 2.05) is 6.07 Å². The first-order chi connectivity index (χ1) is 7.68. The predicted octanol–water partition coefficient (Wildman–Crippen LogP) is 3.63. The Balaban J connectivity index is 2.38. The van der Waals surface area contributed by atoms with Gasteiger partial charge in [-0.3, -0.25) is 0 Å². The number of para-hydroxylation sites is 1. The molecule has 16 heavy (non-hydrogen) atoms. The van der Waals surface area contributed by atoms with Crippen molar-refractivity contribution in [2.45, 2.75) is 6.92 Å². The molecule has 0 amide bonds. The highest BCUT2D eigenvalue weighted by Gasteiger charge is 2.11. The highest BCUT2D eigenvalue weighted by molar-refractivity contribution is 5.48. The number of hydrogen-bond acceptors (Lipinski definition) is 2. The van der Waals surface area contributed by atoms with Gasteiger partial charge < -0.3 is 9.84 Å². The lowest BCUT2D eigenvalue weighted by Gasteiger charge is -2.10. The summed E-state index contributed by atoms with van der Waals surface area (Å²) >= 11 is 0. The van der Waals surface area contributed by atoms with Gasteiger partial charge in [0.05, 0.1) is 0 Å². The second-order valence-electron chi connectivity index (χ2n) is 3.44. The largest absolute Gasteiger partial charge is 0.504 e. The van der Waals surface area contributed by atoms with E-state index in [0.717, 1.165) is 0 Å². The smallest absolute Gasteiger partial charge is 0.174 e. The van der Waals surface area contributed by atoms with Crippen LogP contribution >= 0.6 is 0 Å². The van der Waals surface area contributed by atoms with Crippen LogP contribution in [-0.4, -0.2) is 5.11 Å². The van der Waals surface area contributed by atoms with E-state index in [4.69, 9.17) is 4.74 Å². The van der Waals surface area contributed by atoms with Gasteiger partial charge in [0.1, 0.15) is 11.6 Å². The molecule has 3 heteroatoms. The van der Waals surface area contributed by atoms with Crippen molar-refractivity contribution in [1.29, 1.82) is 0 Å². The lowest BCUT2D eigenvalue weighted by molar-refractivity contribution is 0.404. The molecule has 0 radical (unpaired) electrons. The summed E-state index contributed by atoms with van der Waals surface area (Å²) < 4.78 is 18.7. The maximum Gasteiger partial charge on any atom is 0.174 e. The summed E-state index contributed by atoms with van der Waals surface area (Å²) in [6.07, 6.45) is 0. The van der Waals surface area contributed by atoms with E-state index in [1.165, 1.54) is 12.1 Å². The fourth-order valence-corrected chi connectivity index (χ4v) is 1.39. The van der Waals surface area contributed by atoms with E-state index in [-0.39, 0.29) is 11.5 Å². The number of phenols is 1. The number of aromatic hydroxyl groups is 1. The zero-order valence-electron chi connectivity index (χ0n) is 8.77. The summed E-state index contributed by atoms with van der Waals surface area (Å²) in [5, 5.41) is 9.59. The summed E-state index contributed by atoms with van der Waals surface area (Å²) in [4.78, 5) is 0. The molecule has 1 N–H and O–H groups in total. The molecule has 2 aromatic rings. The summed E-state index contributed by atoms with van der Waals surface area (Å²) in [5.74, 6) is 0.254. The summed E-state index contributed by atoms with van der Waals surface area (Å²) in [5.41, 5.74) is 0.295. The molecule has 0 unspecified atom stereocenters. The molecule has 0 aliphatic rings. The number of halogens is 1. The van der Waals surface area contributed by atoms with Crippen molar-refractivity contribution in [3.8, 4) is 17.2 Å². The molecule has 0 aliphatic carbocycles. The molecule has 0 atom stereocenters. The fourth-order valence-electron chi connectivity index (χ4n) is 1.39. The van der Waals surface area contributed by atoms with Crippen LogP contribution in [0.25, 0.3) is 0 Å². The molecule has 0 fully saturated rings. The zero-order valence-corrected chi connectivity index (χ0v) is 8.77. The third kappa shape index (κ3) is 1.98. The fraction of sp³-hybridized carbons (Fsp3) is 0.0769. The van der Waals surface area contributed by atoms with E-state index in [9.17, 15) is 9.50 Å². The Labute approximate surface area is 92.9 Å². The molecular weight excluding hydrogens is 207 g/mol. The zero-order chi connectivity index (χ0) is 11.5. The summed E-state index contributed by atoms with van der Waals surface area (Å²) in [6.45, 7) is 1.56. The molecule has 0 aliphatic heterocycles. The SMILES string of the molecule is Cc1c(F)ccc(O)c1Oc1ccccc1. The van der Waals surface area contributed by atoms with Crippen LogP contribution in [0.3, 0.4) is 0 Å². The lowest BCUT2D eigenvalue weighted by atomic mass is 10.2. The van der Waals surface area contributed by atoms with Crippen molar-refractivity contribution in [3.05, 3.63) is 53.8 Å². The third-order valence-electron chi connectivity index (χ3n) is 2.28. The van der Waals surface area contributed by atoms with Gasteiger partial charge in [0.2, 0.25) is 0 Å². The van der Waals surface area contributed by atoms with Crippen molar-refractivity contribution in [2.75, 3.05) is 0 Å². The molecule has 2 aromatic carbocycles. The van der Waals surface area contributed by atoms with Gasteiger partial charge in [-0.1, -0.05) is 18.2 Å². The van der Waals surface area contributed by atoms with Gasteiger partial charge in [0.25, 0.3) is 0 Å². The number of benzene rings is 2. The van der Waals surface area contributed by atoms with Crippen molar-refractivity contribution >= 4 is 0 Å². The van der Waals surface area contributed by atoms with Crippen molar-refractivity contribution < 1.29 is 14.2 Å². The maximum atomic E-state index is 13.3. The first kappa shape index (κ1) is 10.5. The standard InChI is InChI=1S/C13H11FO2/c1-9-11(14)7-8-12(15)13(9)16-10-5-3-2-4-6-10/h2-8,15H,1H3. The Bertz CT molecular complexity index is 495. The van der Waals surface area contributed by atoms with Crippen LogP contribution in [0.15, 0.2) is 42.5 Å². The number of rotatable bonds is 2. The predicted molar refractivity (Wildman–Crippen MR) is 59.3 cm³/mol. The highest BCUT2D eigenvalue weighted by Crippen LogP contribution is 2.34. The first-order valence-electron chi connectivity index (χ1n) is 4.89. The Morgan fingerprint density at radius 2 is 1.75 bits per heavy atom. The van der Waals surface area contributed by atoms with Crippen LogP contribution in [0.2, 0.25) is 0 Å². The van der Waals surface area contributed by atoms with Crippen molar-refractivity contribution in [1.82, 2.24) is 0 Å². The monoisotopic (exact) mass is 218 g/mol. The van der Waals surface area contributed by atoms with Gasteiger partial charge in [0.15, 0.2) is 11.5 Å². The van der Waals surface area contributed by atoms with Crippen LogP contribution in [0.4, 0.5) is 4.39 Å². The van der Waals surface area contributed by atoms with Crippen LogP contribution in [0, 0.1) is 12.7 Å². The van der Waals surface area contributed by atoms with Gasteiger partial charge in [-0.15, -0.1) is 0 Å². The van der Waals surface area contributed by atoms with E-state index in [0.29, 0.717) is 11.3 Å². The van der Waals surface area contributed by atoms with Crippen LogP contribution in [0.5, 0.6) is 17.2 Å². The number of ether oxygens (including phenoxy) is 1. The molecule has 0 spiro atoms. The van der Waals surface area contributed by atoms with Gasteiger partial charge in [-0.05, 0) is 31.2 Å². The number of phenolic OH excluding ortho intramolecular Hbond substituents is 1. The second kappa shape index (κ2) is 4.23. The first-order valence-corrected chi connectivity index (χ1v) is 4.89. The summed E-state index contributed by atoms with van der Waals surface area (Å²) in [7, 11) is 0. The van der Waals surface area contributed by atoms with Gasteiger partial charge in [-0.2, -0.15) is 0 Å². The van der Waals surface area contributed by atoms with E-state index in [1.54, 1.807) is 31.2 Å². The Morgan fingerprint density at radius 3 is 2.44 bits per heavy atom. The molecule has 0 heterocycles. The average molecular weight is 218 g/mol. The van der Waals surface area contributed by atoms with Gasteiger partial charge in [-0.25, -0.2) is 4.39 Å². The summed E-state index contributed by atoms with van der Waals surface area (Å²) in [6, 6.07) is 11.4. The molecule has 0 saturated heterocycles. The minimum atomic E-state index is -0.399. The topological polar surface area (TPSA) is 29.5 Å². The van der Waals surface area contributed by atoms with Crippen LogP contribution in [-0.2, 0) is 0 Å². The maximum absolute atomic E-state index is 13.3. The Kier molecular flexibility index (Phi) is 2.77. The Morgan fingerprint density at radius 1 is 1.06 bits per heavy atom. The molecule has 82 valence electrons. The normalized spacial score (nSPS) is 10.1. The third-order valence-corrected chi connectivity index (χ3v) is 2.28. The quantitative estimate of drug-likeness (QED) is 0.833. The van der Waals surface area contributed by atoms with Crippen LogP contribution < -0.4 is 4.74 Å². The molecule has 0 bridgehead atoms. The van der Waals surface area contributed by atoms with E-state index in [2.05, 4.69) is 0 Å². The highest BCUT2D eigenvalue weighted by atomic mass is 19.1. The lowest BCUT2D eigenvalue weighted by Crippen LogP contribution is -1.91. The molecule has 2 rings (SSSR count). The van der Waals surface area contributed by atoms with Crippen LogP contribution in [0.1, 0.15) is 5.56 Å². The average Bonchev–Trinajstić information content (AvgIpc) is 2.31. The number of hydrogen-bond donors (Lipinski definition) is 1.